The zero-order chi connectivity index (χ0) is 21.1. The van der Waals surface area contributed by atoms with Crippen molar-refractivity contribution in [3.05, 3.63) is 48.5 Å². The third-order valence-electron chi connectivity index (χ3n) is 5.94. The molecule has 1 unspecified atom stereocenters. The Labute approximate surface area is 177 Å². The van der Waals surface area contributed by atoms with Crippen molar-refractivity contribution in [2.45, 2.75) is 39.2 Å². The van der Waals surface area contributed by atoms with Crippen LogP contribution in [0.5, 0.6) is 5.75 Å². The van der Waals surface area contributed by atoms with Gasteiger partial charge in [-0.15, -0.1) is 0 Å². The Kier molecular flexibility index (Phi) is 5.93. The van der Waals surface area contributed by atoms with Crippen LogP contribution in [0.1, 0.15) is 33.1 Å². The molecule has 1 saturated heterocycles. The van der Waals surface area contributed by atoms with Crippen LogP contribution in [0.3, 0.4) is 0 Å². The van der Waals surface area contributed by atoms with Crippen molar-refractivity contribution < 1.29 is 14.3 Å². The fraction of sp³-hybridized carbons (Fsp3) is 0.417. The zero-order valence-electron chi connectivity index (χ0n) is 17.6. The number of amides is 2. The van der Waals surface area contributed by atoms with Gasteiger partial charge in [0, 0.05) is 37.4 Å². The summed E-state index contributed by atoms with van der Waals surface area (Å²) >= 11 is 0. The number of carbonyl (C=O) groups is 2. The van der Waals surface area contributed by atoms with E-state index in [9.17, 15) is 9.59 Å². The number of hydrogen-bond donors (Lipinski definition) is 1. The second kappa shape index (κ2) is 8.78. The van der Waals surface area contributed by atoms with E-state index >= 15 is 0 Å². The Balaban J connectivity index is 1.33. The van der Waals surface area contributed by atoms with Crippen LogP contribution in [-0.2, 0) is 9.59 Å². The van der Waals surface area contributed by atoms with Crippen molar-refractivity contribution in [1.29, 1.82) is 0 Å². The highest BCUT2D eigenvalue weighted by Gasteiger charge is 2.31. The molecule has 1 N–H and O–H groups in total. The smallest absolute Gasteiger partial charge is 0.267 e. The molecule has 0 aromatic heterocycles. The summed E-state index contributed by atoms with van der Waals surface area (Å²) in [4.78, 5) is 29.1. The second-order valence-electron chi connectivity index (χ2n) is 8.23. The summed E-state index contributed by atoms with van der Waals surface area (Å²) in [5.41, 5.74) is 2.69. The maximum atomic E-state index is 12.5. The highest BCUT2D eigenvalue weighted by atomic mass is 16.5. The molecule has 2 aromatic rings. The third kappa shape index (κ3) is 4.42. The lowest BCUT2D eigenvalue weighted by atomic mass is 9.99. The molecule has 158 valence electrons. The molecule has 2 amide bonds. The van der Waals surface area contributed by atoms with Crippen LogP contribution in [0, 0.1) is 5.92 Å². The predicted molar refractivity (Wildman–Crippen MR) is 119 cm³/mol. The SMILES string of the molecule is CC1CCN(c2ccc(NC(=O)CCN3C(=O)C(C)Oc4ccccc43)cc2)CC1. The maximum Gasteiger partial charge on any atom is 0.267 e. The van der Waals surface area contributed by atoms with Gasteiger partial charge >= 0.3 is 0 Å². The van der Waals surface area contributed by atoms with E-state index in [0.29, 0.717) is 18.0 Å². The van der Waals surface area contributed by atoms with Gasteiger partial charge in [0.1, 0.15) is 5.75 Å². The lowest BCUT2D eigenvalue weighted by Gasteiger charge is -2.32. The molecular formula is C24H29N3O3. The molecule has 4 rings (SSSR count). The molecular weight excluding hydrogens is 378 g/mol. The fourth-order valence-corrected chi connectivity index (χ4v) is 4.05. The van der Waals surface area contributed by atoms with E-state index in [1.807, 2.05) is 36.4 Å². The first-order chi connectivity index (χ1) is 14.5. The first-order valence-electron chi connectivity index (χ1n) is 10.7. The molecule has 0 saturated carbocycles. The topological polar surface area (TPSA) is 61.9 Å². The van der Waals surface area contributed by atoms with Gasteiger partial charge < -0.3 is 19.9 Å². The minimum Gasteiger partial charge on any atom is -0.479 e. The van der Waals surface area contributed by atoms with Gasteiger partial charge in [0.15, 0.2) is 6.10 Å². The second-order valence-corrected chi connectivity index (χ2v) is 8.23. The number of piperidine rings is 1. The van der Waals surface area contributed by atoms with Crippen molar-refractivity contribution in [3.63, 3.8) is 0 Å². The summed E-state index contributed by atoms with van der Waals surface area (Å²) in [5.74, 6) is 1.24. The molecule has 2 heterocycles. The van der Waals surface area contributed by atoms with Crippen molar-refractivity contribution >= 4 is 28.9 Å². The molecule has 30 heavy (non-hydrogen) atoms. The number of carbonyl (C=O) groups excluding carboxylic acids is 2. The number of hydrogen-bond acceptors (Lipinski definition) is 4. The number of fused-ring (bicyclic) bond motifs is 1. The number of anilines is 3. The van der Waals surface area contributed by atoms with E-state index in [4.69, 9.17) is 4.74 Å². The number of nitrogens with zero attached hydrogens (tertiary/aromatic N) is 2. The summed E-state index contributed by atoms with van der Waals surface area (Å²) in [6.07, 6.45) is 2.12. The van der Waals surface area contributed by atoms with E-state index in [0.717, 1.165) is 24.7 Å². The zero-order valence-corrected chi connectivity index (χ0v) is 17.6. The van der Waals surface area contributed by atoms with Gasteiger partial charge in [0.2, 0.25) is 5.91 Å². The van der Waals surface area contributed by atoms with E-state index < -0.39 is 6.10 Å². The van der Waals surface area contributed by atoms with Crippen LogP contribution in [-0.4, -0.2) is 37.6 Å². The van der Waals surface area contributed by atoms with Crippen molar-refractivity contribution in [1.82, 2.24) is 0 Å². The van der Waals surface area contributed by atoms with Crippen LogP contribution >= 0.6 is 0 Å². The molecule has 0 aliphatic carbocycles. The summed E-state index contributed by atoms with van der Waals surface area (Å²) in [5, 5.41) is 2.94. The van der Waals surface area contributed by atoms with Crippen LogP contribution in [0.2, 0.25) is 0 Å². The lowest BCUT2D eigenvalue weighted by Crippen LogP contribution is -2.45. The van der Waals surface area contributed by atoms with Crippen LogP contribution in [0.15, 0.2) is 48.5 Å². The van der Waals surface area contributed by atoms with E-state index in [-0.39, 0.29) is 18.2 Å². The van der Waals surface area contributed by atoms with E-state index in [1.54, 1.807) is 11.8 Å². The van der Waals surface area contributed by atoms with E-state index in [2.05, 4.69) is 29.3 Å². The molecule has 2 aromatic carbocycles. The highest BCUT2D eigenvalue weighted by molar-refractivity contribution is 6.00. The Morgan fingerprint density at radius 1 is 1.07 bits per heavy atom. The summed E-state index contributed by atoms with van der Waals surface area (Å²) in [6, 6.07) is 15.4. The average molecular weight is 408 g/mol. The van der Waals surface area contributed by atoms with E-state index in [1.165, 1.54) is 18.5 Å². The van der Waals surface area contributed by atoms with Crippen molar-refractivity contribution in [2.24, 2.45) is 5.92 Å². The van der Waals surface area contributed by atoms with Gasteiger partial charge in [-0.3, -0.25) is 9.59 Å². The Morgan fingerprint density at radius 2 is 1.77 bits per heavy atom. The largest absolute Gasteiger partial charge is 0.479 e. The molecule has 0 spiro atoms. The van der Waals surface area contributed by atoms with Crippen molar-refractivity contribution in [3.8, 4) is 5.75 Å². The van der Waals surface area contributed by atoms with Crippen LogP contribution in [0.4, 0.5) is 17.1 Å². The van der Waals surface area contributed by atoms with Crippen LogP contribution in [0.25, 0.3) is 0 Å². The molecule has 0 radical (unpaired) electrons. The number of nitrogens with one attached hydrogen (secondary N) is 1. The Bertz CT molecular complexity index is 904. The fourth-order valence-electron chi connectivity index (χ4n) is 4.05. The summed E-state index contributed by atoms with van der Waals surface area (Å²) in [6.45, 7) is 6.52. The average Bonchev–Trinajstić information content (AvgIpc) is 2.75. The number of ether oxygens (including phenoxy) is 1. The lowest BCUT2D eigenvalue weighted by molar-refractivity contribution is -0.125. The number of rotatable bonds is 5. The predicted octanol–water partition coefficient (Wildman–Crippen LogP) is 4.07. The molecule has 2 aliphatic rings. The standard InChI is InChI=1S/C24H29N3O3/c1-17-11-14-26(15-12-17)20-9-7-19(8-10-20)25-23(28)13-16-27-21-5-3-4-6-22(21)30-18(2)24(27)29/h3-10,17-18H,11-16H2,1-2H3,(H,25,28). The summed E-state index contributed by atoms with van der Waals surface area (Å²) < 4.78 is 5.65. The number of para-hydroxylation sites is 2. The molecule has 1 fully saturated rings. The first-order valence-corrected chi connectivity index (χ1v) is 10.7. The molecule has 6 heteroatoms. The molecule has 2 aliphatic heterocycles. The van der Waals surface area contributed by atoms with Gasteiger partial charge in [0.25, 0.3) is 5.91 Å². The molecule has 0 bridgehead atoms. The maximum absolute atomic E-state index is 12.5. The first kappa shape index (κ1) is 20.3. The molecule has 1 atom stereocenters. The monoisotopic (exact) mass is 407 g/mol. The van der Waals surface area contributed by atoms with Gasteiger partial charge in [-0.2, -0.15) is 0 Å². The minimum absolute atomic E-state index is 0.112. The van der Waals surface area contributed by atoms with Gasteiger partial charge in [0.05, 0.1) is 5.69 Å². The van der Waals surface area contributed by atoms with Gasteiger partial charge in [-0.1, -0.05) is 19.1 Å². The number of benzene rings is 2. The summed E-state index contributed by atoms with van der Waals surface area (Å²) in [7, 11) is 0. The Morgan fingerprint density at radius 3 is 2.50 bits per heavy atom. The Hall–Kier alpha value is -3.02. The third-order valence-corrected chi connectivity index (χ3v) is 5.94. The van der Waals surface area contributed by atoms with Crippen LogP contribution < -0.4 is 19.9 Å². The molecule has 6 nitrogen and oxygen atoms in total. The van der Waals surface area contributed by atoms with Gasteiger partial charge in [-0.05, 0) is 62.1 Å². The highest BCUT2D eigenvalue weighted by Crippen LogP contribution is 2.33. The quantitative estimate of drug-likeness (QED) is 0.812. The normalized spacial score (nSPS) is 19.3. The van der Waals surface area contributed by atoms with Crippen molar-refractivity contribution in [2.75, 3.05) is 34.8 Å². The minimum atomic E-state index is -0.548. The van der Waals surface area contributed by atoms with Gasteiger partial charge in [-0.25, -0.2) is 0 Å².